The number of hydrogen-bond acceptors (Lipinski definition) is 1. The Kier molecular flexibility index (Phi) is 4.07. The summed E-state index contributed by atoms with van der Waals surface area (Å²) in [4.78, 5) is 0. The standard InChI is InChI=1S/C19H22N2/c1-3-20-13-16-7-8-19-18(12-16)9-10-21(19)14-17-6-4-5-15(2)11-17/h4-12,20H,3,13-14H2,1-2H3. The van der Waals surface area contributed by atoms with Crippen LogP contribution in [0.25, 0.3) is 10.9 Å². The number of nitrogens with zero attached hydrogens (tertiary/aromatic N) is 1. The van der Waals surface area contributed by atoms with Crippen LogP contribution in [-0.4, -0.2) is 11.1 Å². The molecular weight excluding hydrogens is 256 g/mol. The van der Waals surface area contributed by atoms with Crippen molar-refractivity contribution in [2.45, 2.75) is 26.9 Å². The van der Waals surface area contributed by atoms with Crippen molar-refractivity contribution in [2.75, 3.05) is 6.54 Å². The minimum atomic E-state index is 0.928. The van der Waals surface area contributed by atoms with Gasteiger partial charge in [-0.2, -0.15) is 0 Å². The highest BCUT2D eigenvalue weighted by Crippen LogP contribution is 2.19. The van der Waals surface area contributed by atoms with Gasteiger partial charge in [0.25, 0.3) is 0 Å². The molecule has 0 aliphatic heterocycles. The van der Waals surface area contributed by atoms with Gasteiger partial charge in [0.1, 0.15) is 0 Å². The lowest BCUT2D eigenvalue weighted by Gasteiger charge is -2.08. The Morgan fingerprint density at radius 3 is 2.71 bits per heavy atom. The summed E-state index contributed by atoms with van der Waals surface area (Å²) < 4.78 is 2.32. The smallest absolute Gasteiger partial charge is 0.0483 e. The molecule has 3 rings (SSSR count). The molecule has 108 valence electrons. The second-order valence-corrected chi connectivity index (χ2v) is 5.61. The van der Waals surface area contributed by atoms with Crippen molar-refractivity contribution >= 4 is 10.9 Å². The maximum Gasteiger partial charge on any atom is 0.0483 e. The third kappa shape index (κ3) is 3.17. The summed E-state index contributed by atoms with van der Waals surface area (Å²) >= 11 is 0. The Labute approximate surface area is 126 Å². The average Bonchev–Trinajstić information content (AvgIpc) is 2.87. The fourth-order valence-electron chi connectivity index (χ4n) is 2.77. The molecule has 2 heteroatoms. The third-order valence-electron chi connectivity index (χ3n) is 3.85. The highest BCUT2D eigenvalue weighted by Gasteiger charge is 2.03. The monoisotopic (exact) mass is 278 g/mol. The van der Waals surface area contributed by atoms with E-state index in [1.165, 1.54) is 27.6 Å². The number of rotatable bonds is 5. The van der Waals surface area contributed by atoms with Gasteiger partial charge in [-0.15, -0.1) is 0 Å². The number of nitrogens with one attached hydrogen (secondary N) is 1. The second-order valence-electron chi connectivity index (χ2n) is 5.61. The normalized spacial score (nSPS) is 11.1. The van der Waals surface area contributed by atoms with Crippen molar-refractivity contribution in [3.63, 3.8) is 0 Å². The van der Waals surface area contributed by atoms with Gasteiger partial charge in [-0.25, -0.2) is 0 Å². The number of benzene rings is 2. The Bertz CT molecular complexity index is 740. The highest BCUT2D eigenvalue weighted by molar-refractivity contribution is 5.81. The van der Waals surface area contributed by atoms with Crippen LogP contribution in [0.4, 0.5) is 0 Å². The molecule has 0 spiro atoms. The molecule has 0 amide bonds. The van der Waals surface area contributed by atoms with Gasteiger partial charge in [0.05, 0.1) is 0 Å². The summed E-state index contributed by atoms with van der Waals surface area (Å²) in [5, 5.41) is 4.69. The zero-order valence-electron chi connectivity index (χ0n) is 12.8. The lowest BCUT2D eigenvalue weighted by Crippen LogP contribution is -2.11. The summed E-state index contributed by atoms with van der Waals surface area (Å²) in [6, 6.07) is 17.7. The van der Waals surface area contributed by atoms with Crippen molar-refractivity contribution in [2.24, 2.45) is 0 Å². The van der Waals surface area contributed by atoms with E-state index in [4.69, 9.17) is 0 Å². The first-order chi connectivity index (χ1) is 10.3. The largest absolute Gasteiger partial charge is 0.343 e. The first-order valence-electron chi connectivity index (χ1n) is 7.60. The van der Waals surface area contributed by atoms with Gasteiger partial charge in [0.15, 0.2) is 0 Å². The number of fused-ring (bicyclic) bond motifs is 1. The van der Waals surface area contributed by atoms with Crippen LogP contribution in [0.5, 0.6) is 0 Å². The van der Waals surface area contributed by atoms with Gasteiger partial charge in [-0.1, -0.05) is 42.8 Å². The van der Waals surface area contributed by atoms with Gasteiger partial charge in [-0.05, 0) is 48.2 Å². The predicted octanol–water partition coefficient (Wildman–Crippen LogP) is 4.11. The highest BCUT2D eigenvalue weighted by atomic mass is 14.9. The Morgan fingerprint density at radius 2 is 1.90 bits per heavy atom. The Hall–Kier alpha value is -2.06. The second kappa shape index (κ2) is 6.15. The van der Waals surface area contributed by atoms with Crippen molar-refractivity contribution in [1.29, 1.82) is 0 Å². The third-order valence-corrected chi connectivity index (χ3v) is 3.85. The van der Waals surface area contributed by atoms with E-state index in [0.29, 0.717) is 0 Å². The van der Waals surface area contributed by atoms with E-state index in [0.717, 1.165) is 19.6 Å². The van der Waals surface area contributed by atoms with Crippen molar-refractivity contribution in [3.05, 3.63) is 71.4 Å². The van der Waals surface area contributed by atoms with Gasteiger partial charge in [0.2, 0.25) is 0 Å². The SMILES string of the molecule is CCNCc1ccc2c(ccn2Cc2cccc(C)c2)c1. The molecule has 1 aromatic heterocycles. The minimum Gasteiger partial charge on any atom is -0.343 e. The van der Waals surface area contributed by atoms with E-state index in [1.807, 2.05) is 0 Å². The lowest BCUT2D eigenvalue weighted by molar-refractivity contribution is 0.727. The van der Waals surface area contributed by atoms with Gasteiger partial charge >= 0.3 is 0 Å². The fourth-order valence-corrected chi connectivity index (χ4v) is 2.77. The van der Waals surface area contributed by atoms with Crippen LogP contribution in [0, 0.1) is 6.92 Å². The summed E-state index contributed by atoms with van der Waals surface area (Å²) in [5.41, 5.74) is 5.32. The molecule has 1 N–H and O–H groups in total. The van der Waals surface area contributed by atoms with Crippen LogP contribution in [0.2, 0.25) is 0 Å². The zero-order chi connectivity index (χ0) is 14.7. The minimum absolute atomic E-state index is 0.928. The van der Waals surface area contributed by atoms with Crippen LogP contribution in [0.1, 0.15) is 23.6 Å². The molecule has 3 aromatic rings. The predicted molar refractivity (Wildman–Crippen MR) is 89.6 cm³/mol. The first-order valence-corrected chi connectivity index (χ1v) is 7.60. The molecule has 0 atom stereocenters. The van der Waals surface area contributed by atoms with Gasteiger partial charge < -0.3 is 9.88 Å². The molecule has 2 aromatic carbocycles. The van der Waals surface area contributed by atoms with E-state index in [-0.39, 0.29) is 0 Å². The summed E-state index contributed by atoms with van der Waals surface area (Å²) in [6.07, 6.45) is 2.18. The maximum absolute atomic E-state index is 3.38. The topological polar surface area (TPSA) is 17.0 Å². The number of hydrogen-bond donors (Lipinski definition) is 1. The molecule has 0 fully saturated rings. The molecule has 0 aliphatic carbocycles. The van der Waals surface area contributed by atoms with Crippen molar-refractivity contribution in [3.8, 4) is 0 Å². The molecule has 21 heavy (non-hydrogen) atoms. The van der Waals surface area contributed by atoms with Gasteiger partial charge in [0, 0.05) is 24.8 Å². The molecular formula is C19H22N2. The summed E-state index contributed by atoms with van der Waals surface area (Å²) in [5.74, 6) is 0. The summed E-state index contributed by atoms with van der Waals surface area (Å²) in [7, 11) is 0. The quantitative estimate of drug-likeness (QED) is 0.743. The van der Waals surface area contributed by atoms with E-state index >= 15 is 0 Å². The van der Waals surface area contributed by atoms with Crippen LogP contribution < -0.4 is 5.32 Å². The molecule has 2 nitrogen and oxygen atoms in total. The molecule has 0 radical (unpaired) electrons. The van der Waals surface area contributed by atoms with Crippen LogP contribution in [0.3, 0.4) is 0 Å². The number of aryl methyl sites for hydroxylation is 1. The molecule has 0 aliphatic rings. The van der Waals surface area contributed by atoms with E-state index in [9.17, 15) is 0 Å². The number of aromatic nitrogens is 1. The molecule has 1 heterocycles. The maximum atomic E-state index is 3.38. The fraction of sp³-hybridized carbons (Fsp3) is 0.263. The Morgan fingerprint density at radius 1 is 1.00 bits per heavy atom. The van der Waals surface area contributed by atoms with Gasteiger partial charge in [-0.3, -0.25) is 0 Å². The van der Waals surface area contributed by atoms with E-state index in [1.54, 1.807) is 0 Å². The van der Waals surface area contributed by atoms with Crippen LogP contribution in [0.15, 0.2) is 54.7 Å². The molecule has 0 unspecified atom stereocenters. The van der Waals surface area contributed by atoms with Crippen molar-refractivity contribution < 1.29 is 0 Å². The average molecular weight is 278 g/mol. The molecule has 0 saturated heterocycles. The summed E-state index contributed by atoms with van der Waals surface area (Å²) in [6.45, 7) is 7.15. The first kappa shape index (κ1) is 13.9. The van der Waals surface area contributed by atoms with Crippen molar-refractivity contribution in [1.82, 2.24) is 9.88 Å². The van der Waals surface area contributed by atoms with Crippen LogP contribution >= 0.6 is 0 Å². The zero-order valence-corrected chi connectivity index (χ0v) is 12.8. The molecule has 0 saturated carbocycles. The lowest BCUT2D eigenvalue weighted by atomic mass is 10.1. The Balaban J connectivity index is 1.86. The van der Waals surface area contributed by atoms with E-state index < -0.39 is 0 Å². The van der Waals surface area contributed by atoms with Crippen LogP contribution in [-0.2, 0) is 13.1 Å². The van der Waals surface area contributed by atoms with E-state index in [2.05, 4.69) is 78.5 Å². The molecule has 0 bridgehead atoms.